The molecule has 2 aromatic carbocycles. The van der Waals surface area contributed by atoms with E-state index in [1.54, 1.807) is 19.1 Å². The fraction of sp³-hybridized carbons (Fsp3) is 0.367. The van der Waals surface area contributed by atoms with Gasteiger partial charge in [0.1, 0.15) is 24.1 Å². The maximum atomic E-state index is 14.0. The Hall–Kier alpha value is -4.25. The van der Waals surface area contributed by atoms with Crippen LogP contribution in [0.4, 0.5) is 0 Å². The molecule has 2 aromatic heterocycles. The van der Waals surface area contributed by atoms with Gasteiger partial charge in [0, 0.05) is 23.0 Å². The molecule has 1 atom stereocenters. The fourth-order valence-corrected chi connectivity index (χ4v) is 5.86. The van der Waals surface area contributed by atoms with Crippen molar-refractivity contribution in [2.24, 2.45) is 0 Å². The summed E-state index contributed by atoms with van der Waals surface area (Å²) in [5, 5.41) is 17.9. The number of aromatic nitrogens is 4. The summed E-state index contributed by atoms with van der Waals surface area (Å²) in [5.74, 6) is 1.36. The first-order valence-corrected chi connectivity index (χ1v) is 14.6. The van der Waals surface area contributed by atoms with E-state index in [0.29, 0.717) is 11.6 Å². The standard InChI is InChI=1S/C30H34N6O4S/c1-39-24-14-10-21(11-15-24)19-35(28(26-9-6-18-41-26)30(38)31-23-7-4-3-5-8-23)27(37)20-36-33-29(32-34-36)22-12-16-25(40-2)17-13-22/h6,9-18,23,28H,3-5,7-8,19-20H2,1-2H3,(H,31,38)/t28-/m1/s1. The van der Waals surface area contributed by atoms with Gasteiger partial charge in [-0.25, -0.2) is 0 Å². The van der Waals surface area contributed by atoms with Crippen molar-refractivity contribution in [3.63, 3.8) is 0 Å². The molecule has 1 aliphatic rings. The molecule has 5 rings (SSSR count). The van der Waals surface area contributed by atoms with Gasteiger partial charge >= 0.3 is 0 Å². The number of nitrogens with zero attached hydrogens (tertiary/aromatic N) is 5. The summed E-state index contributed by atoms with van der Waals surface area (Å²) in [5.41, 5.74) is 1.62. The van der Waals surface area contributed by atoms with Crippen molar-refractivity contribution in [1.82, 2.24) is 30.4 Å². The minimum atomic E-state index is -0.795. The minimum Gasteiger partial charge on any atom is -0.497 e. The molecular weight excluding hydrogens is 540 g/mol. The lowest BCUT2D eigenvalue weighted by molar-refractivity contribution is -0.142. The number of methoxy groups -OCH3 is 2. The zero-order valence-electron chi connectivity index (χ0n) is 23.2. The van der Waals surface area contributed by atoms with Gasteiger partial charge in [0.15, 0.2) is 0 Å². The van der Waals surface area contributed by atoms with E-state index in [4.69, 9.17) is 9.47 Å². The van der Waals surface area contributed by atoms with Gasteiger partial charge in [-0.3, -0.25) is 9.59 Å². The minimum absolute atomic E-state index is 0.112. The van der Waals surface area contributed by atoms with Crippen LogP contribution in [0.2, 0.25) is 0 Å². The third kappa shape index (κ3) is 7.10. The number of amides is 2. The van der Waals surface area contributed by atoms with Gasteiger partial charge in [-0.15, -0.1) is 21.5 Å². The van der Waals surface area contributed by atoms with Crippen molar-refractivity contribution in [3.8, 4) is 22.9 Å². The highest BCUT2D eigenvalue weighted by Gasteiger charge is 2.34. The number of benzene rings is 2. The predicted molar refractivity (Wildman–Crippen MR) is 155 cm³/mol. The number of tetrazole rings is 1. The van der Waals surface area contributed by atoms with E-state index >= 15 is 0 Å². The number of nitrogens with one attached hydrogen (secondary N) is 1. The van der Waals surface area contributed by atoms with Crippen LogP contribution in [0.3, 0.4) is 0 Å². The lowest BCUT2D eigenvalue weighted by Crippen LogP contribution is -2.47. The Morgan fingerprint density at radius 1 is 1.00 bits per heavy atom. The third-order valence-electron chi connectivity index (χ3n) is 7.23. The first kappa shape index (κ1) is 28.3. The van der Waals surface area contributed by atoms with E-state index in [2.05, 4.69) is 20.7 Å². The van der Waals surface area contributed by atoms with Crippen molar-refractivity contribution in [2.45, 2.75) is 57.3 Å². The van der Waals surface area contributed by atoms with Crippen LogP contribution in [0.25, 0.3) is 11.4 Å². The van der Waals surface area contributed by atoms with Gasteiger partial charge in [-0.1, -0.05) is 37.5 Å². The van der Waals surface area contributed by atoms with Crippen molar-refractivity contribution in [1.29, 1.82) is 0 Å². The number of carbonyl (C=O) groups is 2. The molecule has 1 saturated carbocycles. The van der Waals surface area contributed by atoms with Crippen molar-refractivity contribution in [2.75, 3.05) is 14.2 Å². The van der Waals surface area contributed by atoms with E-state index in [-0.39, 0.29) is 30.9 Å². The maximum absolute atomic E-state index is 14.0. The smallest absolute Gasteiger partial charge is 0.248 e. The Labute approximate surface area is 243 Å². The van der Waals surface area contributed by atoms with Crippen LogP contribution >= 0.6 is 11.3 Å². The summed E-state index contributed by atoms with van der Waals surface area (Å²) in [6, 6.07) is 17.9. The van der Waals surface area contributed by atoms with Crippen molar-refractivity contribution < 1.29 is 19.1 Å². The molecule has 4 aromatic rings. The number of carbonyl (C=O) groups excluding carboxylic acids is 2. The topological polar surface area (TPSA) is 111 Å². The average Bonchev–Trinajstić information content (AvgIpc) is 3.71. The highest BCUT2D eigenvalue weighted by Crippen LogP contribution is 2.29. The molecule has 1 fully saturated rings. The van der Waals surface area contributed by atoms with Gasteiger partial charge < -0.3 is 19.7 Å². The maximum Gasteiger partial charge on any atom is 0.248 e. The molecule has 2 heterocycles. The second-order valence-corrected chi connectivity index (χ2v) is 11.0. The summed E-state index contributed by atoms with van der Waals surface area (Å²) >= 11 is 1.46. The summed E-state index contributed by atoms with van der Waals surface area (Å²) in [6.45, 7) is 0.0570. The third-order valence-corrected chi connectivity index (χ3v) is 8.16. The van der Waals surface area contributed by atoms with Gasteiger partial charge in [-0.05, 0) is 71.5 Å². The largest absolute Gasteiger partial charge is 0.497 e. The summed E-state index contributed by atoms with van der Waals surface area (Å²) in [4.78, 5) is 31.5. The van der Waals surface area contributed by atoms with E-state index in [1.807, 2.05) is 66.0 Å². The van der Waals surface area contributed by atoms with E-state index in [1.165, 1.54) is 22.6 Å². The first-order valence-electron chi connectivity index (χ1n) is 13.7. The molecule has 214 valence electrons. The molecule has 0 bridgehead atoms. The van der Waals surface area contributed by atoms with Crippen LogP contribution in [0.15, 0.2) is 66.0 Å². The lowest BCUT2D eigenvalue weighted by Gasteiger charge is -2.32. The van der Waals surface area contributed by atoms with Crippen LogP contribution < -0.4 is 14.8 Å². The summed E-state index contributed by atoms with van der Waals surface area (Å²) in [7, 11) is 3.21. The van der Waals surface area contributed by atoms with Gasteiger partial charge in [-0.2, -0.15) is 4.80 Å². The van der Waals surface area contributed by atoms with E-state index in [0.717, 1.165) is 47.4 Å². The quantitative estimate of drug-likeness (QED) is 0.278. The highest BCUT2D eigenvalue weighted by molar-refractivity contribution is 7.10. The molecule has 1 N–H and O–H groups in total. The molecule has 2 amide bonds. The zero-order valence-corrected chi connectivity index (χ0v) is 24.0. The summed E-state index contributed by atoms with van der Waals surface area (Å²) in [6.07, 6.45) is 5.28. The molecule has 0 unspecified atom stereocenters. The number of rotatable bonds is 11. The Balaban J connectivity index is 1.42. The summed E-state index contributed by atoms with van der Waals surface area (Å²) < 4.78 is 10.5. The van der Waals surface area contributed by atoms with Gasteiger partial charge in [0.2, 0.25) is 17.6 Å². The molecule has 41 heavy (non-hydrogen) atoms. The number of hydrogen-bond donors (Lipinski definition) is 1. The second kappa shape index (κ2) is 13.4. The Bertz CT molecular complexity index is 1420. The molecule has 0 radical (unpaired) electrons. The van der Waals surface area contributed by atoms with Crippen LogP contribution in [-0.2, 0) is 22.7 Å². The molecular formula is C30H34N6O4S. The highest BCUT2D eigenvalue weighted by atomic mass is 32.1. The number of ether oxygens (including phenoxy) is 2. The molecule has 1 aliphatic carbocycles. The molecule has 0 saturated heterocycles. The average molecular weight is 575 g/mol. The first-order chi connectivity index (χ1) is 20.0. The number of hydrogen-bond acceptors (Lipinski definition) is 8. The zero-order chi connectivity index (χ0) is 28.6. The van der Waals surface area contributed by atoms with Crippen molar-refractivity contribution >= 4 is 23.2 Å². The van der Waals surface area contributed by atoms with Crippen LogP contribution in [0, 0.1) is 0 Å². The molecule has 11 heteroatoms. The van der Waals surface area contributed by atoms with Crippen LogP contribution in [0.1, 0.15) is 48.6 Å². The predicted octanol–water partition coefficient (Wildman–Crippen LogP) is 4.64. The van der Waals surface area contributed by atoms with Gasteiger partial charge in [0.25, 0.3) is 0 Å². The molecule has 10 nitrogen and oxygen atoms in total. The Morgan fingerprint density at radius 2 is 1.68 bits per heavy atom. The SMILES string of the molecule is COc1ccc(CN(C(=O)Cn2nnc(-c3ccc(OC)cc3)n2)[C@@H](C(=O)NC2CCCCC2)c2cccs2)cc1. The molecule has 0 spiro atoms. The van der Waals surface area contributed by atoms with Gasteiger partial charge in [0.05, 0.1) is 14.2 Å². The second-order valence-electron chi connectivity index (χ2n) is 10.0. The Morgan fingerprint density at radius 3 is 2.32 bits per heavy atom. The normalized spacial score (nSPS) is 14.3. The van der Waals surface area contributed by atoms with E-state index in [9.17, 15) is 9.59 Å². The lowest BCUT2D eigenvalue weighted by atomic mass is 9.95. The monoisotopic (exact) mass is 574 g/mol. The Kier molecular flexibility index (Phi) is 9.25. The van der Waals surface area contributed by atoms with Crippen LogP contribution in [0.5, 0.6) is 11.5 Å². The molecule has 0 aliphatic heterocycles. The van der Waals surface area contributed by atoms with Crippen LogP contribution in [-0.4, -0.2) is 57.2 Å². The van der Waals surface area contributed by atoms with E-state index < -0.39 is 6.04 Å². The fourth-order valence-electron chi connectivity index (χ4n) is 5.03. The number of thiophene rings is 1. The van der Waals surface area contributed by atoms with Crippen molar-refractivity contribution in [3.05, 3.63) is 76.5 Å².